The van der Waals surface area contributed by atoms with Gasteiger partial charge in [-0.25, -0.2) is 13.6 Å². The van der Waals surface area contributed by atoms with Crippen molar-refractivity contribution in [2.45, 2.75) is 45.3 Å². The molecule has 1 aromatic rings. The van der Waals surface area contributed by atoms with E-state index < -0.39 is 17.7 Å². The van der Waals surface area contributed by atoms with Gasteiger partial charge in [-0.2, -0.15) is 0 Å². The molecule has 128 valence electrons. The van der Waals surface area contributed by atoms with E-state index in [-0.39, 0.29) is 29.5 Å². The molecular formula is C17H24F2N2O2. The van der Waals surface area contributed by atoms with Gasteiger partial charge in [0.05, 0.1) is 12.1 Å². The third-order valence-corrected chi connectivity index (χ3v) is 4.32. The molecule has 0 radical (unpaired) electrons. The SMILES string of the molecule is CC(C)[C@H](NC(=O)NC[C@H]1CC[C@@H](O)C1)c1ccc(F)cc1F. The van der Waals surface area contributed by atoms with Crippen LogP contribution in [0, 0.1) is 23.5 Å². The molecule has 3 N–H and O–H groups in total. The Morgan fingerprint density at radius 2 is 2.09 bits per heavy atom. The number of carbonyl (C=O) groups excluding carboxylic acids is 1. The topological polar surface area (TPSA) is 61.4 Å². The zero-order valence-electron chi connectivity index (χ0n) is 13.5. The van der Waals surface area contributed by atoms with Crippen molar-refractivity contribution in [1.82, 2.24) is 10.6 Å². The minimum atomic E-state index is -0.664. The number of aliphatic hydroxyl groups excluding tert-OH is 1. The van der Waals surface area contributed by atoms with Crippen molar-refractivity contribution in [3.05, 3.63) is 35.4 Å². The van der Waals surface area contributed by atoms with Gasteiger partial charge in [-0.1, -0.05) is 19.9 Å². The molecule has 6 heteroatoms. The van der Waals surface area contributed by atoms with Gasteiger partial charge in [-0.05, 0) is 37.2 Å². The van der Waals surface area contributed by atoms with E-state index >= 15 is 0 Å². The van der Waals surface area contributed by atoms with Gasteiger partial charge in [0.1, 0.15) is 11.6 Å². The summed E-state index contributed by atoms with van der Waals surface area (Å²) in [5.41, 5.74) is 0.271. The number of hydrogen-bond acceptors (Lipinski definition) is 2. The van der Waals surface area contributed by atoms with Crippen LogP contribution in [0.4, 0.5) is 13.6 Å². The van der Waals surface area contributed by atoms with Crippen LogP contribution in [-0.4, -0.2) is 23.8 Å². The van der Waals surface area contributed by atoms with E-state index in [2.05, 4.69) is 10.6 Å². The smallest absolute Gasteiger partial charge is 0.315 e. The molecule has 0 heterocycles. The molecule has 2 amide bonds. The number of rotatable bonds is 5. The van der Waals surface area contributed by atoms with Gasteiger partial charge >= 0.3 is 6.03 Å². The molecular weight excluding hydrogens is 302 g/mol. The van der Waals surface area contributed by atoms with E-state index in [1.807, 2.05) is 13.8 Å². The molecule has 0 spiro atoms. The van der Waals surface area contributed by atoms with Crippen LogP contribution in [0.3, 0.4) is 0 Å². The molecule has 3 atom stereocenters. The van der Waals surface area contributed by atoms with Gasteiger partial charge in [0, 0.05) is 18.2 Å². The van der Waals surface area contributed by atoms with E-state index in [1.165, 1.54) is 12.1 Å². The molecule has 1 aliphatic rings. The first-order chi connectivity index (χ1) is 10.9. The average molecular weight is 326 g/mol. The second-order valence-corrected chi connectivity index (χ2v) is 6.57. The van der Waals surface area contributed by atoms with E-state index in [9.17, 15) is 18.7 Å². The van der Waals surface area contributed by atoms with E-state index in [1.54, 1.807) is 0 Å². The van der Waals surface area contributed by atoms with Crippen molar-refractivity contribution < 1.29 is 18.7 Å². The van der Waals surface area contributed by atoms with Gasteiger partial charge < -0.3 is 15.7 Å². The van der Waals surface area contributed by atoms with Crippen LogP contribution < -0.4 is 10.6 Å². The Bertz CT molecular complexity index is 551. The number of hydrogen-bond donors (Lipinski definition) is 3. The maximum atomic E-state index is 13.9. The number of nitrogens with one attached hydrogen (secondary N) is 2. The van der Waals surface area contributed by atoms with Crippen LogP contribution in [0.1, 0.15) is 44.7 Å². The third kappa shape index (κ3) is 4.89. The Balaban J connectivity index is 1.94. The molecule has 1 aromatic carbocycles. The number of urea groups is 1. The summed E-state index contributed by atoms with van der Waals surface area (Å²) >= 11 is 0. The first-order valence-corrected chi connectivity index (χ1v) is 8.04. The first-order valence-electron chi connectivity index (χ1n) is 8.04. The van der Waals surface area contributed by atoms with Crippen LogP contribution in [0.2, 0.25) is 0 Å². The summed E-state index contributed by atoms with van der Waals surface area (Å²) in [4.78, 5) is 12.1. The minimum Gasteiger partial charge on any atom is -0.393 e. The molecule has 0 aromatic heterocycles. The van der Waals surface area contributed by atoms with Crippen molar-refractivity contribution in [3.8, 4) is 0 Å². The second kappa shape index (κ2) is 7.73. The molecule has 0 bridgehead atoms. The van der Waals surface area contributed by atoms with Crippen LogP contribution in [0.15, 0.2) is 18.2 Å². The zero-order chi connectivity index (χ0) is 17.0. The maximum absolute atomic E-state index is 13.9. The average Bonchev–Trinajstić information content (AvgIpc) is 2.89. The number of carbonyl (C=O) groups is 1. The normalized spacial score (nSPS) is 22.2. The predicted molar refractivity (Wildman–Crippen MR) is 83.8 cm³/mol. The Labute approximate surface area is 135 Å². The fraction of sp³-hybridized carbons (Fsp3) is 0.588. The number of halogens is 2. The molecule has 0 aliphatic heterocycles. The minimum absolute atomic E-state index is 0.0472. The molecule has 23 heavy (non-hydrogen) atoms. The Morgan fingerprint density at radius 3 is 2.65 bits per heavy atom. The van der Waals surface area contributed by atoms with Gasteiger partial charge in [-0.15, -0.1) is 0 Å². The van der Waals surface area contributed by atoms with E-state index in [4.69, 9.17) is 0 Å². The standard InChI is InChI=1S/C17H24F2N2O2/c1-10(2)16(14-6-4-12(18)8-15(14)19)21-17(23)20-9-11-3-5-13(22)7-11/h4,6,8,10-11,13,16,22H,3,5,7,9H2,1-2H3,(H2,20,21,23)/t11-,13+,16-/m0/s1. The summed E-state index contributed by atoms with van der Waals surface area (Å²) in [7, 11) is 0. The second-order valence-electron chi connectivity index (χ2n) is 6.57. The Morgan fingerprint density at radius 1 is 1.35 bits per heavy atom. The predicted octanol–water partition coefficient (Wildman–Crippen LogP) is 3.12. The summed E-state index contributed by atoms with van der Waals surface area (Å²) in [6.07, 6.45) is 2.08. The quantitative estimate of drug-likeness (QED) is 0.778. The fourth-order valence-corrected chi connectivity index (χ4v) is 3.02. The molecule has 0 unspecified atom stereocenters. The summed E-state index contributed by atoms with van der Waals surface area (Å²) in [6, 6.07) is 2.46. The molecule has 4 nitrogen and oxygen atoms in total. The molecule has 1 fully saturated rings. The first kappa shape index (κ1) is 17.7. The van der Waals surface area contributed by atoms with Crippen LogP contribution in [0.5, 0.6) is 0 Å². The van der Waals surface area contributed by atoms with Crippen molar-refractivity contribution in [2.75, 3.05) is 6.54 Å². The highest BCUT2D eigenvalue weighted by Crippen LogP contribution is 2.26. The lowest BCUT2D eigenvalue weighted by Crippen LogP contribution is -2.41. The Hall–Kier alpha value is -1.69. The summed E-state index contributed by atoms with van der Waals surface area (Å²) < 4.78 is 27.0. The van der Waals surface area contributed by atoms with Crippen molar-refractivity contribution in [2.24, 2.45) is 11.8 Å². The summed E-state index contributed by atoms with van der Waals surface area (Å²) in [5, 5.41) is 15.0. The van der Waals surface area contributed by atoms with Crippen LogP contribution in [-0.2, 0) is 0 Å². The lowest BCUT2D eigenvalue weighted by molar-refractivity contribution is 0.177. The number of benzene rings is 1. The largest absolute Gasteiger partial charge is 0.393 e. The Kier molecular flexibility index (Phi) is 5.93. The number of amides is 2. The van der Waals surface area contributed by atoms with Crippen molar-refractivity contribution in [3.63, 3.8) is 0 Å². The van der Waals surface area contributed by atoms with Crippen molar-refractivity contribution in [1.29, 1.82) is 0 Å². The zero-order valence-corrected chi connectivity index (χ0v) is 13.5. The molecule has 0 saturated heterocycles. The fourth-order valence-electron chi connectivity index (χ4n) is 3.02. The molecule has 2 rings (SSSR count). The van der Waals surface area contributed by atoms with Gasteiger partial charge in [-0.3, -0.25) is 0 Å². The summed E-state index contributed by atoms with van der Waals surface area (Å²) in [6.45, 7) is 4.21. The van der Waals surface area contributed by atoms with E-state index in [0.29, 0.717) is 13.0 Å². The highest BCUT2D eigenvalue weighted by atomic mass is 19.1. The maximum Gasteiger partial charge on any atom is 0.315 e. The molecule has 1 saturated carbocycles. The highest BCUT2D eigenvalue weighted by molar-refractivity contribution is 5.74. The van der Waals surface area contributed by atoms with Gasteiger partial charge in [0.25, 0.3) is 0 Å². The van der Waals surface area contributed by atoms with E-state index in [0.717, 1.165) is 18.9 Å². The monoisotopic (exact) mass is 326 g/mol. The lowest BCUT2D eigenvalue weighted by atomic mass is 9.95. The lowest BCUT2D eigenvalue weighted by Gasteiger charge is -2.24. The highest BCUT2D eigenvalue weighted by Gasteiger charge is 2.25. The van der Waals surface area contributed by atoms with Gasteiger partial charge in [0.15, 0.2) is 0 Å². The summed E-state index contributed by atoms with van der Waals surface area (Å²) in [5.74, 6) is -1.08. The van der Waals surface area contributed by atoms with Crippen LogP contribution >= 0.6 is 0 Å². The van der Waals surface area contributed by atoms with Gasteiger partial charge in [0.2, 0.25) is 0 Å². The van der Waals surface area contributed by atoms with Crippen molar-refractivity contribution >= 4 is 6.03 Å². The molecule has 1 aliphatic carbocycles. The third-order valence-electron chi connectivity index (χ3n) is 4.32. The number of aliphatic hydroxyl groups is 1. The van der Waals surface area contributed by atoms with Crippen LogP contribution in [0.25, 0.3) is 0 Å².